The Morgan fingerprint density at radius 2 is 2.22 bits per heavy atom. The summed E-state index contributed by atoms with van der Waals surface area (Å²) in [7, 11) is 0. The summed E-state index contributed by atoms with van der Waals surface area (Å²) < 4.78 is 5.83. The van der Waals surface area contributed by atoms with Gasteiger partial charge in [0.1, 0.15) is 5.52 Å². The van der Waals surface area contributed by atoms with Gasteiger partial charge in [-0.25, -0.2) is 0 Å². The van der Waals surface area contributed by atoms with Crippen LogP contribution in [0.25, 0.3) is 11.1 Å². The number of oxazole rings is 1. The molecule has 1 aromatic heterocycles. The van der Waals surface area contributed by atoms with Crippen molar-refractivity contribution < 1.29 is 4.42 Å². The van der Waals surface area contributed by atoms with E-state index in [1.807, 2.05) is 18.2 Å². The van der Waals surface area contributed by atoms with Crippen LogP contribution in [0.4, 0.5) is 11.7 Å². The van der Waals surface area contributed by atoms with Crippen LogP contribution in [-0.4, -0.2) is 17.6 Å². The lowest BCUT2D eigenvalue weighted by Crippen LogP contribution is -2.32. The molecule has 0 unspecified atom stereocenters. The van der Waals surface area contributed by atoms with Crippen LogP contribution in [0, 0.1) is 5.92 Å². The molecule has 4 heteroatoms. The molecular formula is C14H19N3O. The van der Waals surface area contributed by atoms with E-state index in [1.165, 1.54) is 12.8 Å². The maximum atomic E-state index is 5.83. The first-order chi connectivity index (χ1) is 8.63. The number of nitrogens with zero attached hydrogens (tertiary/aromatic N) is 2. The van der Waals surface area contributed by atoms with Crippen molar-refractivity contribution in [1.82, 2.24) is 4.98 Å². The van der Waals surface area contributed by atoms with E-state index < -0.39 is 0 Å². The summed E-state index contributed by atoms with van der Waals surface area (Å²) in [4.78, 5) is 6.80. The molecule has 2 aromatic rings. The molecule has 0 saturated heterocycles. The minimum absolute atomic E-state index is 0.399. The number of hydrogen-bond acceptors (Lipinski definition) is 4. The highest BCUT2D eigenvalue weighted by molar-refractivity contribution is 5.78. The summed E-state index contributed by atoms with van der Waals surface area (Å²) in [5.41, 5.74) is 8.13. The Kier molecular flexibility index (Phi) is 2.65. The van der Waals surface area contributed by atoms with Gasteiger partial charge >= 0.3 is 0 Å². The summed E-state index contributed by atoms with van der Waals surface area (Å²) in [5, 5.41) is 0. The molecule has 0 amide bonds. The summed E-state index contributed by atoms with van der Waals surface area (Å²) in [5.74, 6) is 0.812. The molecule has 0 aliphatic heterocycles. The maximum Gasteiger partial charge on any atom is 0.298 e. The summed E-state index contributed by atoms with van der Waals surface area (Å²) >= 11 is 0. The molecule has 1 heterocycles. The van der Waals surface area contributed by atoms with Crippen molar-refractivity contribution in [2.24, 2.45) is 5.92 Å². The van der Waals surface area contributed by atoms with Gasteiger partial charge in [-0.2, -0.15) is 4.98 Å². The average Bonchev–Trinajstić information content (AvgIpc) is 3.04. The largest absolute Gasteiger partial charge is 0.423 e. The predicted octanol–water partition coefficient (Wildman–Crippen LogP) is 3.03. The number of nitrogens with two attached hydrogens (primary N) is 1. The number of benzene rings is 1. The van der Waals surface area contributed by atoms with Crippen LogP contribution < -0.4 is 10.6 Å². The molecule has 1 aliphatic carbocycles. The van der Waals surface area contributed by atoms with Gasteiger partial charge in [-0.1, -0.05) is 0 Å². The van der Waals surface area contributed by atoms with Crippen molar-refractivity contribution in [2.75, 3.05) is 17.2 Å². The number of rotatable bonds is 4. The van der Waals surface area contributed by atoms with Crippen LogP contribution in [0.2, 0.25) is 0 Å². The second-order valence-corrected chi connectivity index (χ2v) is 5.41. The van der Waals surface area contributed by atoms with Gasteiger partial charge in [-0.05, 0) is 50.8 Å². The molecule has 1 saturated carbocycles. The standard InChI is InChI=1S/C14H19N3O/c1-9(2)17(8-10-3-4-10)14-16-12-7-11(15)5-6-13(12)18-14/h5-7,9-10H,3-4,8,15H2,1-2H3. The van der Waals surface area contributed by atoms with Gasteiger partial charge in [-0.3, -0.25) is 0 Å². The zero-order valence-electron chi connectivity index (χ0n) is 10.9. The molecule has 1 aromatic carbocycles. The lowest BCUT2D eigenvalue weighted by molar-refractivity contribution is 0.526. The van der Waals surface area contributed by atoms with E-state index in [2.05, 4.69) is 23.7 Å². The van der Waals surface area contributed by atoms with Crippen molar-refractivity contribution >= 4 is 22.8 Å². The molecule has 3 rings (SSSR count). The van der Waals surface area contributed by atoms with Crippen LogP contribution in [0.5, 0.6) is 0 Å². The first kappa shape index (κ1) is 11.4. The van der Waals surface area contributed by atoms with Crippen molar-refractivity contribution in [3.8, 4) is 0 Å². The van der Waals surface area contributed by atoms with Crippen LogP contribution >= 0.6 is 0 Å². The molecular weight excluding hydrogens is 226 g/mol. The second-order valence-electron chi connectivity index (χ2n) is 5.41. The Balaban J connectivity index is 1.94. The normalized spacial score (nSPS) is 15.5. The number of fused-ring (bicyclic) bond motifs is 1. The molecule has 0 bridgehead atoms. The lowest BCUT2D eigenvalue weighted by atomic mass is 10.3. The number of aromatic nitrogens is 1. The fraction of sp³-hybridized carbons (Fsp3) is 0.500. The summed E-state index contributed by atoms with van der Waals surface area (Å²) in [6, 6.07) is 6.71. The van der Waals surface area contributed by atoms with Gasteiger partial charge in [0.05, 0.1) is 0 Å². The predicted molar refractivity (Wildman–Crippen MR) is 73.6 cm³/mol. The zero-order chi connectivity index (χ0) is 12.7. The molecule has 0 radical (unpaired) electrons. The monoisotopic (exact) mass is 245 g/mol. The van der Waals surface area contributed by atoms with Crippen LogP contribution in [0.3, 0.4) is 0 Å². The molecule has 96 valence electrons. The Morgan fingerprint density at radius 3 is 2.89 bits per heavy atom. The molecule has 2 N–H and O–H groups in total. The van der Waals surface area contributed by atoms with E-state index >= 15 is 0 Å². The topological polar surface area (TPSA) is 55.3 Å². The third-order valence-electron chi connectivity index (χ3n) is 3.42. The molecule has 1 fully saturated rings. The molecule has 18 heavy (non-hydrogen) atoms. The fourth-order valence-electron chi connectivity index (χ4n) is 2.14. The van der Waals surface area contributed by atoms with Crippen LogP contribution in [0.1, 0.15) is 26.7 Å². The highest BCUT2D eigenvalue weighted by Crippen LogP contribution is 2.33. The van der Waals surface area contributed by atoms with Crippen molar-refractivity contribution in [3.05, 3.63) is 18.2 Å². The second kappa shape index (κ2) is 4.19. The van der Waals surface area contributed by atoms with E-state index in [0.29, 0.717) is 6.04 Å². The van der Waals surface area contributed by atoms with Crippen molar-refractivity contribution in [3.63, 3.8) is 0 Å². The van der Waals surface area contributed by atoms with E-state index in [0.717, 1.165) is 35.3 Å². The van der Waals surface area contributed by atoms with Gasteiger partial charge in [0.2, 0.25) is 0 Å². The van der Waals surface area contributed by atoms with E-state index in [4.69, 9.17) is 10.2 Å². The van der Waals surface area contributed by atoms with Crippen molar-refractivity contribution in [1.29, 1.82) is 0 Å². The minimum Gasteiger partial charge on any atom is -0.423 e. The fourth-order valence-corrected chi connectivity index (χ4v) is 2.14. The van der Waals surface area contributed by atoms with E-state index in [9.17, 15) is 0 Å². The summed E-state index contributed by atoms with van der Waals surface area (Å²) in [6.45, 7) is 5.39. The first-order valence-corrected chi connectivity index (χ1v) is 6.56. The third-order valence-corrected chi connectivity index (χ3v) is 3.42. The molecule has 1 aliphatic rings. The maximum absolute atomic E-state index is 5.83. The first-order valence-electron chi connectivity index (χ1n) is 6.56. The van der Waals surface area contributed by atoms with Gasteiger partial charge in [-0.15, -0.1) is 0 Å². The molecule has 0 atom stereocenters. The van der Waals surface area contributed by atoms with Crippen molar-refractivity contribution in [2.45, 2.75) is 32.7 Å². The van der Waals surface area contributed by atoms with Gasteiger partial charge in [0, 0.05) is 18.3 Å². The molecule has 4 nitrogen and oxygen atoms in total. The highest BCUT2D eigenvalue weighted by Gasteiger charge is 2.27. The smallest absolute Gasteiger partial charge is 0.298 e. The average molecular weight is 245 g/mol. The summed E-state index contributed by atoms with van der Waals surface area (Å²) in [6.07, 6.45) is 2.66. The Morgan fingerprint density at radius 1 is 1.44 bits per heavy atom. The zero-order valence-corrected chi connectivity index (χ0v) is 10.9. The van der Waals surface area contributed by atoms with E-state index in [-0.39, 0.29) is 0 Å². The van der Waals surface area contributed by atoms with Gasteiger partial charge in [0.25, 0.3) is 6.01 Å². The van der Waals surface area contributed by atoms with E-state index in [1.54, 1.807) is 0 Å². The Bertz CT molecular complexity index is 557. The quantitative estimate of drug-likeness (QED) is 0.841. The number of hydrogen-bond donors (Lipinski definition) is 1. The van der Waals surface area contributed by atoms with Crippen LogP contribution in [-0.2, 0) is 0 Å². The third kappa shape index (κ3) is 2.15. The highest BCUT2D eigenvalue weighted by atomic mass is 16.4. The Labute approximate surface area is 107 Å². The van der Waals surface area contributed by atoms with Gasteiger partial charge in [0.15, 0.2) is 5.58 Å². The minimum atomic E-state index is 0.399. The number of nitrogen functional groups attached to an aromatic ring is 1. The van der Waals surface area contributed by atoms with Gasteiger partial charge < -0.3 is 15.1 Å². The molecule has 0 spiro atoms. The van der Waals surface area contributed by atoms with Crippen LogP contribution in [0.15, 0.2) is 22.6 Å². The number of anilines is 2. The Hall–Kier alpha value is -1.71. The SMILES string of the molecule is CC(C)N(CC1CC1)c1nc2cc(N)ccc2o1. The lowest BCUT2D eigenvalue weighted by Gasteiger charge is -2.24.